The second kappa shape index (κ2) is 13.7. The number of aryl methyl sites for hydroxylation is 2. The van der Waals surface area contributed by atoms with Gasteiger partial charge in [-0.3, -0.25) is 4.79 Å². The lowest BCUT2D eigenvalue weighted by Crippen LogP contribution is -2.14. The summed E-state index contributed by atoms with van der Waals surface area (Å²) >= 11 is 0. The van der Waals surface area contributed by atoms with Crippen LogP contribution >= 0.6 is 0 Å². The molecule has 0 aliphatic carbocycles. The molecule has 0 radical (unpaired) electrons. The van der Waals surface area contributed by atoms with E-state index < -0.39 is 11.9 Å². The molecule has 0 heterocycles. The number of hydrogen-bond donors (Lipinski definition) is 3. The zero-order chi connectivity index (χ0) is 25.8. The number of anilines is 1. The molecule has 0 unspecified atom stereocenters. The second-order valence-corrected chi connectivity index (χ2v) is 8.56. The summed E-state index contributed by atoms with van der Waals surface area (Å²) in [6.45, 7) is 0.673. The minimum Gasteiger partial charge on any atom is -0.494 e. The van der Waals surface area contributed by atoms with Crippen molar-refractivity contribution >= 4 is 23.5 Å². The maximum atomic E-state index is 12.3. The Labute approximate surface area is 210 Å². The molecule has 0 aromatic heterocycles. The van der Waals surface area contributed by atoms with Gasteiger partial charge in [-0.1, -0.05) is 55.3 Å². The fourth-order valence-electron chi connectivity index (χ4n) is 3.84. The summed E-state index contributed by atoms with van der Waals surface area (Å²) in [6, 6.07) is 21.9. The molecule has 7 heteroatoms. The van der Waals surface area contributed by atoms with E-state index in [1.807, 2.05) is 30.3 Å². The van der Waals surface area contributed by atoms with Gasteiger partial charge in [0.25, 0.3) is 0 Å². The molecule has 3 rings (SSSR count). The highest BCUT2D eigenvalue weighted by Crippen LogP contribution is 2.18. The predicted molar refractivity (Wildman–Crippen MR) is 138 cm³/mol. The maximum Gasteiger partial charge on any atom is 0.336 e. The zero-order valence-corrected chi connectivity index (χ0v) is 20.1. The van der Waals surface area contributed by atoms with Crippen LogP contribution in [0.5, 0.6) is 5.75 Å². The van der Waals surface area contributed by atoms with Crippen LogP contribution in [0, 0.1) is 0 Å². The fourth-order valence-corrected chi connectivity index (χ4v) is 3.84. The van der Waals surface area contributed by atoms with E-state index in [9.17, 15) is 19.5 Å². The summed E-state index contributed by atoms with van der Waals surface area (Å²) in [6.07, 6.45) is 6.32. The van der Waals surface area contributed by atoms with E-state index >= 15 is 0 Å². The van der Waals surface area contributed by atoms with Crippen molar-refractivity contribution in [1.82, 2.24) is 0 Å². The molecule has 0 bridgehead atoms. The Bertz CT molecular complexity index is 1160. The van der Waals surface area contributed by atoms with Crippen molar-refractivity contribution in [2.24, 2.45) is 0 Å². The Morgan fingerprint density at radius 3 is 2.06 bits per heavy atom. The minimum absolute atomic E-state index is 0.201. The topological polar surface area (TPSA) is 113 Å². The van der Waals surface area contributed by atoms with Crippen LogP contribution in [0.15, 0.2) is 72.8 Å². The number of carboxylic acid groups (broad SMARTS) is 2. The molecule has 0 aliphatic rings. The molecular weight excluding hydrogens is 458 g/mol. The average molecular weight is 490 g/mol. The molecule has 0 atom stereocenters. The number of amides is 1. The molecule has 7 nitrogen and oxygen atoms in total. The second-order valence-electron chi connectivity index (χ2n) is 8.56. The van der Waals surface area contributed by atoms with Crippen LogP contribution in [0.25, 0.3) is 0 Å². The van der Waals surface area contributed by atoms with E-state index in [0.717, 1.165) is 36.6 Å². The van der Waals surface area contributed by atoms with Gasteiger partial charge in [0.1, 0.15) is 5.75 Å². The van der Waals surface area contributed by atoms with Gasteiger partial charge in [-0.15, -0.1) is 0 Å². The molecule has 0 aliphatic heterocycles. The highest BCUT2D eigenvalue weighted by atomic mass is 16.5. The number of unbranched alkanes of at least 4 members (excludes halogenated alkanes) is 3. The molecule has 0 saturated carbocycles. The Balaban J connectivity index is 1.34. The first kappa shape index (κ1) is 26.5. The molecule has 188 valence electrons. The van der Waals surface area contributed by atoms with Crippen molar-refractivity contribution < 1.29 is 29.3 Å². The average Bonchev–Trinajstić information content (AvgIpc) is 2.88. The van der Waals surface area contributed by atoms with E-state index in [2.05, 4.69) is 29.6 Å². The van der Waals surface area contributed by atoms with E-state index in [1.165, 1.54) is 30.5 Å². The summed E-state index contributed by atoms with van der Waals surface area (Å²) in [5.41, 5.74) is 1.90. The third-order valence-electron chi connectivity index (χ3n) is 5.80. The third kappa shape index (κ3) is 8.58. The van der Waals surface area contributed by atoms with Crippen LogP contribution in [-0.4, -0.2) is 34.7 Å². The Hall–Kier alpha value is -4.13. The molecule has 0 saturated heterocycles. The number of aromatic carboxylic acids is 2. The maximum absolute atomic E-state index is 12.3. The number of ether oxygens (including phenoxy) is 1. The van der Waals surface area contributed by atoms with Gasteiger partial charge >= 0.3 is 11.9 Å². The van der Waals surface area contributed by atoms with Gasteiger partial charge in [0.05, 0.1) is 17.7 Å². The largest absolute Gasteiger partial charge is 0.494 e. The van der Waals surface area contributed by atoms with E-state index in [1.54, 1.807) is 0 Å². The highest BCUT2D eigenvalue weighted by Gasteiger charge is 2.17. The summed E-state index contributed by atoms with van der Waals surface area (Å²) in [4.78, 5) is 34.7. The summed E-state index contributed by atoms with van der Waals surface area (Å²) in [5.74, 6) is -2.19. The van der Waals surface area contributed by atoms with Crippen LogP contribution in [-0.2, 0) is 17.6 Å². The molecule has 3 aromatic rings. The first-order chi connectivity index (χ1) is 17.4. The molecule has 0 fully saturated rings. The predicted octanol–water partition coefficient (Wildman–Crippen LogP) is 5.84. The van der Waals surface area contributed by atoms with Gasteiger partial charge in [-0.05, 0) is 67.1 Å². The van der Waals surface area contributed by atoms with Gasteiger partial charge in [-0.25, -0.2) is 9.59 Å². The zero-order valence-electron chi connectivity index (χ0n) is 20.1. The quantitative estimate of drug-likeness (QED) is 0.245. The summed E-state index contributed by atoms with van der Waals surface area (Å²) < 4.78 is 5.82. The van der Waals surface area contributed by atoms with Crippen molar-refractivity contribution in [3.8, 4) is 5.75 Å². The smallest absolute Gasteiger partial charge is 0.336 e. The van der Waals surface area contributed by atoms with Crippen molar-refractivity contribution in [2.75, 3.05) is 11.9 Å². The van der Waals surface area contributed by atoms with Crippen molar-refractivity contribution in [3.05, 3.63) is 95.1 Å². The van der Waals surface area contributed by atoms with E-state index in [0.29, 0.717) is 13.0 Å². The fraction of sp³-hybridized carbons (Fsp3) is 0.276. The third-order valence-corrected chi connectivity index (χ3v) is 5.80. The number of benzene rings is 3. The van der Waals surface area contributed by atoms with Crippen molar-refractivity contribution in [3.63, 3.8) is 0 Å². The number of rotatable bonds is 14. The number of nitrogens with one attached hydrogen (secondary N) is 1. The summed E-state index contributed by atoms with van der Waals surface area (Å²) in [7, 11) is 0. The Kier molecular flexibility index (Phi) is 10.1. The van der Waals surface area contributed by atoms with E-state index in [4.69, 9.17) is 9.84 Å². The van der Waals surface area contributed by atoms with Gasteiger partial charge in [0.15, 0.2) is 0 Å². The molecule has 1 amide bonds. The lowest BCUT2D eigenvalue weighted by atomic mass is 10.1. The molecule has 3 aromatic carbocycles. The van der Waals surface area contributed by atoms with Crippen molar-refractivity contribution in [1.29, 1.82) is 0 Å². The lowest BCUT2D eigenvalue weighted by molar-refractivity contribution is -0.116. The van der Waals surface area contributed by atoms with Gasteiger partial charge < -0.3 is 20.3 Å². The van der Waals surface area contributed by atoms with Crippen LogP contribution in [0.3, 0.4) is 0 Å². The monoisotopic (exact) mass is 489 g/mol. The van der Waals surface area contributed by atoms with Crippen LogP contribution in [0.2, 0.25) is 0 Å². The highest BCUT2D eigenvalue weighted by molar-refractivity contribution is 6.03. The van der Waals surface area contributed by atoms with Gasteiger partial charge in [-0.2, -0.15) is 0 Å². The van der Waals surface area contributed by atoms with E-state index in [-0.39, 0.29) is 29.1 Å². The number of carbonyl (C=O) groups is 3. The lowest BCUT2D eigenvalue weighted by Gasteiger charge is -2.09. The van der Waals surface area contributed by atoms with Gasteiger partial charge in [0, 0.05) is 12.1 Å². The van der Waals surface area contributed by atoms with Gasteiger partial charge in [0.2, 0.25) is 5.91 Å². The molecule has 0 spiro atoms. The van der Waals surface area contributed by atoms with Crippen molar-refractivity contribution in [2.45, 2.75) is 44.9 Å². The van der Waals surface area contributed by atoms with Crippen LogP contribution in [0.1, 0.15) is 63.9 Å². The first-order valence-electron chi connectivity index (χ1n) is 12.1. The number of hydrogen-bond acceptors (Lipinski definition) is 4. The Morgan fingerprint density at radius 2 is 1.36 bits per heavy atom. The standard InChI is InChI=1S/C29H31NO6/c31-27(30-23-14-17-25(28(32)33)26(20-23)29(34)35)18-13-22-11-15-24(16-12-22)36-19-7-2-1-4-8-21-9-5-3-6-10-21/h3,5-6,9-12,14-17,20H,1-2,4,7-8,13,18-19H2,(H,30,31)(H,32,33)(H,34,35). The Morgan fingerprint density at radius 1 is 0.694 bits per heavy atom. The summed E-state index contributed by atoms with van der Waals surface area (Å²) in [5, 5.41) is 20.9. The molecule has 3 N–H and O–H groups in total. The normalized spacial score (nSPS) is 10.6. The first-order valence-corrected chi connectivity index (χ1v) is 12.1. The number of carboxylic acids is 2. The SMILES string of the molecule is O=C(CCc1ccc(OCCCCCCc2ccccc2)cc1)Nc1ccc(C(=O)O)c(C(=O)O)c1. The molecular formula is C29H31NO6. The van der Waals surface area contributed by atoms with Crippen LogP contribution in [0.4, 0.5) is 5.69 Å². The molecule has 36 heavy (non-hydrogen) atoms. The van der Waals surface area contributed by atoms with Crippen LogP contribution < -0.4 is 10.1 Å². The minimum atomic E-state index is -1.37. The number of carbonyl (C=O) groups excluding carboxylic acids is 1.